The van der Waals surface area contributed by atoms with Gasteiger partial charge in [-0.2, -0.15) is 0 Å². The summed E-state index contributed by atoms with van der Waals surface area (Å²) in [6.45, 7) is 0.422. The lowest BCUT2D eigenvalue weighted by Gasteiger charge is -2.13. The number of carbonyl (C=O) groups excluding carboxylic acids is 2. The van der Waals surface area contributed by atoms with E-state index in [0.29, 0.717) is 9.21 Å². The third-order valence-electron chi connectivity index (χ3n) is 1.95. The number of Topliss-reactive ketones (excluding diaryl/α,β-unsaturated/α-hetero) is 1. The van der Waals surface area contributed by atoms with E-state index in [1.54, 1.807) is 31.1 Å². The molecule has 0 radical (unpaired) electrons. The minimum absolute atomic E-state index is 0.0247. The molecule has 0 unspecified atom stereocenters. The van der Waals surface area contributed by atoms with Crippen molar-refractivity contribution in [2.45, 2.75) is 0 Å². The fourth-order valence-electron chi connectivity index (χ4n) is 1.17. The number of likely N-dealkylation sites (N-methyl/N-ethyl adjacent to an activating group) is 2. The van der Waals surface area contributed by atoms with Gasteiger partial charge >= 0.3 is 0 Å². The first-order valence-corrected chi connectivity index (χ1v) is 5.90. The second-order valence-electron chi connectivity index (χ2n) is 3.37. The van der Waals surface area contributed by atoms with Gasteiger partial charge in [-0.3, -0.25) is 14.5 Å². The molecule has 16 heavy (non-hydrogen) atoms. The van der Waals surface area contributed by atoms with E-state index in [0.717, 1.165) is 0 Å². The molecule has 0 saturated carbocycles. The number of hydrogen-bond donors (Lipinski definition) is 1. The number of thiophene rings is 1. The van der Waals surface area contributed by atoms with Gasteiger partial charge in [-0.1, -0.05) is 11.6 Å². The molecule has 88 valence electrons. The highest BCUT2D eigenvalue weighted by molar-refractivity contribution is 7.18. The third kappa shape index (κ3) is 3.92. The number of nitrogens with one attached hydrogen (secondary N) is 1. The lowest BCUT2D eigenvalue weighted by Crippen LogP contribution is -2.35. The van der Waals surface area contributed by atoms with Crippen LogP contribution in [0, 0.1) is 0 Å². The molecular weight excluding hydrogens is 248 g/mol. The number of ketones is 1. The minimum atomic E-state index is -0.112. The zero-order valence-corrected chi connectivity index (χ0v) is 10.7. The van der Waals surface area contributed by atoms with E-state index in [2.05, 4.69) is 5.32 Å². The molecule has 0 atom stereocenters. The molecule has 1 amide bonds. The SMILES string of the molecule is CNC(=O)CN(C)CC(=O)c1ccc(Cl)s1. The summed E-state index contributed by atoms with van der Waals surface area (Å²) < 4.78 is 0.595. The van der Waals surface area contributed by atoms with Gasteiger partial charge in [0.1, 0.15) is 0 Å². The molecule has 1 aromatic rings. The van der Waals surface area contributed by atoms with Gasteiger partial charge < -0.3 is 5.32 Å². The maximum atomic E-state index is 11.7. The van der Waals surface area contributed by atoms with Gasteiger partial charge in [0, 0.05) is 7.05 Å². The fourth-order valence-corrected chi connectivity index (χ4v) is 2.14. The van der Waals surface area contributed by atoms with Crippen LogP contribution in [0.1, 0.15) is 9.67 Å². The second-order valence-corrected chi connectivity index (χ2v) is 5.09. The van der Waals surface area contributed by atoms with Crippen LogP contribution in [0.25, 0.3) is 0 Å². The average molecular weight is 261 g/mol. The Morgan fingerprint density at radius 1 is 1.44 bits per heavy atom. The van der Waals surface area contributed by atoms with E-state index in [1.807, 2.05) is 0 Å². The van der Waals surface area contributed by atoms with Crippen LogP contribution in [0.3, 0.4) is 0 Å². The minimum Gasteiger partial charge on any atom is -0.358 e. The van der Waals surface area contributed by atoms with E-state index in [4.69, 9.17) is 11.6 Å². The van der Waals surface area contributed by atoms with Crippen molar-refractivity contribution in [1.29, 1.82) is 0 Å². The van der Waals surface area contributed by atoms with Gasteiger partial charge in [0.2, 0.25) is 5.91 Å². The molecule has 1 rings (SSSR count). The van der Waals surface area contributed by atoms with Crippen molar-refractivity contribution >= 4 is 34.6 Å². The van der Waals surface area contributed by atoms with Crippen LogP contribution < -0.4 is 5.32 Å². The molecule has 4 nitrogen and oxygen atoms in total. The highest BCUT2D eigenvalue weighted by atomic mass is 35.5. The molecule has 0 aliphatic rings. The summed E-state index contributed by atoms with van der Waals surface area (Å²) in [5.74, 6) is -0.136. The summed E-state index contributed by atoms with van der Waals surface area (Å²) in [7, 11) is 3.29. The molecule has 0 bridgehead atoms. The Morgan fingerprint density at radius 3 is 2.62 bits per heavy atom. The van der Waals surface area contributed by atoms with Crippen LogP contribution in [0.15, 0.2) is 12.1 Å². The van der Waals surface area contributed by atoms with Crippen molar-refractivity contribution in [3.05, 3.63) is 21.3 Å². The molecular formula is C10H13ClN2O2S. The smallest absolute Gasteiger partial charge is 0.233 e. The molecule has 0 saturated heterocycles. The Morgan fingerprint density at radius 2 is 2.12 bits per heavy atom. The molecule has 0 fully saturated rings. The fraction of sp³-hybridized carbons (Fsp3) is 0.400. The van der Waals surface area contributed by atoms with Crippen molar-refractivity contribution < 1.29 is 9.59 Å². The monoisotopic (exact) mass is 260 g/mol. The van der Waals surface area contributed by atoms with Gasteiger partial charge in [-0.15, -0.1) is 11.3 Å². The Kier molecular flexibility index (Phi) is 4.92. The number of amides is 1. The summed E-state index contributed by atoms with van der Waals surface area (Å²) in [5, 5.41) is 2.50. The molecule has 0 aromatic carbocycles. The molecule has 0 aliphatic carbocycles. The van der Waals surface area contributed by atoms with Crippen molar-refractivity contribution in [3.63, 3.8) is 0 Å². The summed E-state index contributed by atoms with van der Waals surface area (Å²) >= 11 is 6.99. The highest BCUT2D eigenvalue weighted by Gasteiger charge is 2.13. The Hall–Kier alpha value is -0.910. The van der Waals surface area contributed by atoms with Crippen LogP contribution in [0.5, 0.6) is 0 Å². The van der Waals surface area contributed by atoms with Gasteiger partial charge in [0.25, 0.3) is 0 Å². The molecule has 6 heteroatoms. The third-order valence-corrected chi connectivity index (χ3v) is 3.23. The average Bonchev–Trinajstić information content (AvgIpc) is 2.64. The predicted octanol–water partition coefficient (Wildman–Crippen LogP) is 1.26. The van der Waals surface area contributed by atoms with E-state index < -0.39 is 0 Å². The lowest BCUT2D eigenvalue weighted by atomic mass is 10.3. The highest BCUT2D eigenvalue weighted by Crippen LogP contribution is 2.21. The summed E-state index contributed by atoms with van der Waals surface area (Å²) in [4.78, 5) is 25.1. The van der Waals surface area contributed by atoms with Gasteiger partial charge in [0.05, 0.1) is 22.3 Å². The second kappa shape index (κ2) is 5.98. The molecule has 0 spiro atoms. The first-order chi connectivity index (χ1) is 7.52. The Balaban J connectivity index is 2.48. The topological polar surface area (TPSA) is 49.4 Å². The first kappa shape index (κ1) is 13.2. The van der Waals surface area contributed by atoms with E-state index in [9.17, 15) is 9.59 Å². The molecule has 1 aromatic heterocycles. The van der Waals surface area contributed by atoms with Gasteiger partial charge in [-0.05, 0) is 19.2 Å². The first-order valence-electron chi connectivity index (χ1n) is 4.70. The lowest BCUT2D eigenvalue weighted by molar-refractivity contribution is -0.121. The quantitative estimate of drug-likeness (QED) is 0.811. The van der Waals surface area contributed by atoms with E-state index in [1.165, 1.54) is 11.3 Å². The van der Waals surface area contributed by atoms with E-state index >= 15 is 0 Å². The van der Waals surface area contributed by atoms with Gasteiger partial charge in [0.15, 0.2) is 5.78 Å². The maximum Gasteiger partial charge on any atom is 0.233 e. The van der Waals surface area contributed by atoms with Crippen LogP contribution in [-0.4, -0.2) is 43.8 Å². The number of hydrogen-bond acceptors (Lipinski definition) is 4. The number of rotatable bonds is 5. The van der Waals surface area contributed by atoms with Crippen molar-refractivity contribution in [1.82, 2.24) is 10.2 Å². The van der Waals surface area contributed by atoms with Crippen LogP contribution in [0.4, 0.5) is 0 Å². The van der Waals surface area contributed by atoms with Crippen LogP contribution >= 0.6 is 22.9 Å². The maximum absolute atomic E-state index is 11.7. The molecule has 1 heterocycles. The zero-order valence-electron chi connectivity index (χ0n) is 9.12. The number of carbonyl (C=O) groups is 2. The number of nitrogens with zero attached hydrogens (tertiary/aromatic N) is 1. The van der Waals surface area contributed by atoms with Crippen LogP contribution in [-0.2, 0) is 4.79 Å². The molecule has 0 aliphatic heterocycles. The van der Waals surface area contributed by atoms with Gasteiger partial charge in [-0.25, -0.2) is 0 Å². The van der Waals surface area contributed by atoms with E-state index in [-0.39, 0.29) is 24.8 Å². The number of halogens is 1. The normalized spacial score (nSPS) is 10.5. The largest absolute Gasteiger partial charge is 0.358 e. The van der Waals surface area contributed by atoms with Crippen molar-refractivity contribution in [2.24, 2.45) is 0 Å². The Bertz CT molecular complexity index is 392. The summed E-state index contributed by atoms with van der Waals surface area (Å²) in [6, 6.07) is 3.39. The summed E-state index contributed by atoms with van der Waals surface area (Å²) in [6.07, 6.45) is 0. The molecule has 1 N–H and O–H groups in total. The zero-order chi connectivity index (χ0) is 12.1. The van der Waals surface area contributed by atoms with Crippen molar-refractivity contribution in [3.8, 4) is 0 Å². The standard InChI is InChI=1S/C10H13ClN2O2S/c1-12-10(15)6-13(2)5-7(14)8-3-4-9(11)16-8/h3-4H,5-6H2,1-2H3,(H,12,15). The summed E-state index contributed by atoms with van der Waals surface area (Å²) in [5.41, 5.74) is 0. The van der Waals surface area contributed by atoms with Crippen molar-refractivity contribution in [2.75, 3.05) is 27.2 Å². The van der Waals surface area contributed by atoms with Crippen LogP contribution in [0.2, 0.25) is 4.34 Å². The Labute approximate surface area is 103 Å². The predicted molar refractivity (Wildman–Crippen MR) is 65.2 cm³/mol.